The first kappa shape index (κ1) is 15.0. The lowest BCUT2D eigenvalue weighted by atomic mass is 9.85. The van der Waals surface area contributed by atoms with E-state index in [0.29, 0.717) is 18.2 Å². The van der Waals surface area contributed by atoms with Crippen LogP contribution in [0.5, 0.6) is 0 Å². The van der Waals surface area contributed by atoms with Gasteiger partial charge < -0.3 is 14.8 Å². The van der Waals surface area contributed by atoms with Gasteiger partial charge >= 0.3 is 0 Å². The van der Waals surface area contributed by atoms with Crippen molar-refractivity contribution in [2.75, 3.05) is 13.1 Å². The highest BCUT2D eigenvalue weighted by atomic mass is 16.2. The van der Waals surface area contributed by atoms with Crippen molar-refractivity contribution in [1.29, 1.82) is 0 Å². The van der Waals surface area contributed by atoms with E-state index in [1.54, 1.807) is 0 Å². The molecule has 0 bridgehead atoms. The maximum Gasteiger partial charge on any atom is 0.254 e. The van der Waals surface area contributed by atoms with Gasteiger partial charge in [0.1, 0.15) is 5.54 Å². The zero-order valence-electron chi connectivity index (χ0n) is 14.3. The number of piperidine rings is 1. The molecule has 1 aromatic heterocycles. The van der Waals surface area contributed by atoms with Crippen LogP contribution in [0.1, 0.15) is 48.9 Å². The van der Waals surface area contributed by atoms with Gasteiger partial charge in [0.05, 0.1) is 0 Å². The molecule has 1 aliphatic carbocycles. The summed E-state index contributed by atoms with van der Waals surface area (Å²) in [5.74, 6) is 0.210. The van der Waals surface area contributed by atoms with E-state index in [4.69, 9.17) is 0 Å². The first-order valence-corrected chi connectivity index (χ1v) is 9.39. The normalized spacial score (nSPS) is 26.8. The zero-order chi connectivity index (χ0) is 17.0. The van der Waals surface area contributed by atoms with Crippen molar-refractivity contribution in [2.24, 2.45) is 0 Å². The van der Waals surface area contributed by atoms with Crippen molar-refractivity contribution in [1.82, 2.24) is 14.8 Å². The lowest BCUT2D eigenvalue weighted by Crippen LogP contribution is -2.61. The second-order valence-corrected chi connectivity index (χ2v) is 7.70. The van der Waals surface area contributed by atoms with Gasteiger partial charge in [-0.15, -0.1) is 0 Å². The number of fused-ring (bicyclic) bond motifs is 1. The number of hydrogen-bond acceptors (Lipinski definition) is 2. The number of carbonyl (C=O) groups excluding carboxylic acids is 2. The summed E-state index contributed by atoms with van der Waals surface area (Å²) in [6, 6.07) is 8.17. The fraction of sp³-hybridized carbons (Fsp3) is 0.500. The van der Waals surface area contributed by atoms with Gasteiger partial charge in [-0.2, -0.15) is 0 Å². The number of benzene rings is 1. The number of likely N-dealkylation sites (tertiary alicyclic amines) is 2. The van der Waals surface area contributed by atoms with Gasteiger partial charge in [0, 0.05) is 41.8 Å². The quantitative estimate of drug-likeness (QED) is 0.916. The van der Waals surface area contributed by atoms with E-state index in [9.17, 15) is 9.59 Å². The van der Waals surface area contributed by atoms with Crippen molar-refractivity contribution < 1.29 is 9.59 Å². The predicted octanol–water partition coefficient (Wildman–Crippen LogP) is 2.93. The van der Waals surface area contributed by atoms with Gasteiger partial charge in [0.2, 0.25) is 5.91 Å². The third-order valence-corrected chi connectivity index (χ3v) is 6.17. The molecule has 0 radical (unpaired) electrons. The Hall–Kier alpha value is -2.30. The number of aromatic nitrogens is 1. The number of rotatable bonds is 2. The Morgan fingerprint density at radius 3 is 2.72 bits per heavy atom. The Morgan fingerprint density at radius 2 is 1.92 bits per heavy atom. The van der Waals surface area contributed by atoms with Crippen molar-refractivity contribution in [3.05, 3.63) is 36.0 Å². The highest BCUT2D eigenvalue weighted by Crippen LogP contribution is 2.42. The molecule has 1 N–H and O–H groups in total. The lowest BCUT2D eigenvalue weighted by molar-refractivity contribution is -0.146. The number of nitrogens with zero attached hydrogens (tertiary/aromatic N) is 2. The first-order valence-electron chi connectivity index (χ1n) is 9.39. The Labute approximate surface area is 147 Å². The molecule has 3 aliphatic rings. The predicted molar refractivity (Wildman–Crippen MR) is 95.3 cm³/mol. The summed E-state index contributed by atoms with van der Waals surface area (Å²) in [6.45, 7) is 1.55. The third-order valence-electron chi connectivity index (χ3n) is 6.17. The second kappa shape index (κ2) is 5.35. The van der Waals surface area contributed by atoms with Gasteiger partial charge in [-0.1, -0.05) is 0 Å². The van der Waals surface area contributed by atoms with Crippen LogP contribution in [-0.4, -0.2) is 51.3 Å². The fourth-order valence-corrected chi connectivity index (χ4v) is 4.75. The van der Waals surface area contributed by atoms with E-state index in [2.05, 4.69) is 9.88 Å². The molecule has 2 aliphatic heterocycles. The number of amides is 2. The van der Waals surface area contributed by atoms with E-state index in [-0.39, 0.29) is 11.8 Å². The van der Waals surface area contributed by atoms with Crippen LogP contribution in [0.15, 0.2) is 30.5 Å². The molecule has 1 saturated carbocycles. The van der Waals surface area contributed by atoms with Crippen molar-refractivity contribution in [3.63, 3.8) is 0 Å². The number of carbonyl (C=O) groups is 2. The molecule has 5 heteroatoms. The fourth-order valence-electron chi connectivity index (χ4n) is 4.75. The van der Waals surface area contributed by atoms with Crippen LogP contribution in [0.3, 0.4) is 0 Å². The molecular weight excluding hydrogens is 314 g/mol. The smallest absolute Gasteiger partial charge is 0.254 e. The number of nitrogens with one attached hydrogen (secondary N) is 1. The lowest BCUT2D eigenvalue weighted by Gasteiger charge is -2.44. The number of H-pyrrole nitrogens is 1. The highest BCUT2D eigenvalue weighted by Gasteiger charge is 2.54. The minimum absolute atomic E-state index is 0.00611. The summed E-state index contributed by atoms with van der Waals surface area (Å²) in [7, 11) is 0. The maximum absolute atomic E-state index is 13.3. The molecule has 2 saturated heterocycles. The maximum atomic E-state index is 13.3. The molecule has 2 amide bonds. The molecule has 1 unspecified atom stereocenters. The van der Waals surface area contributed by atoms with Crippen LogP contribution in [0.4, 0.5) is 0 Å². The Balaban J connectivity index is 1.49. The zero-order valence-corrected chi connectivity index (χ0v) is 14.3. The minimum atomic E-state index is -0.592. The molecule has 1 aromatic carbocycles. The van der Waals surface area contributed by atoms with Crippen molar-refractivity contribution >= 4 is 22.7 Å². The average Bonchev–Trinajstić information content (AvgIpc) is 3.21. The average molecular weight is 337 g/mol. The summed E-state index contributed by atoms with van der Waals surface area (Å²) in [5, 5.41) is 1.04. The van der Waals surface area contributed by atoms with E-state index in [1.807, 2.05) is 35.4 Å². The van der Waals surface area contributed by atoms with Crippen LogP contribution >= 0.6 is 0 Å². The highest BCUT2D eigenvalue weighted by molar-refractivity contribution is 6.02. The van der Waals surface area contributed by atoms with Crippen LogP contribution in [-0.2, 0) is 4.79 Å². The van der Waals surface area contributed by atoms with Gasteiger partial charge in [0.15, 0.2) is 0 Å². The Bertz CT molecular complexity index is 853. The standard InChI is InChI=1S/C20H23N3O2/c24-18(15-3-6-17-14(13-15)7-10-21-17)23-12-2-9-20(23)8-1-11-22(19(20)25)16-4-5-16/h3,6-7,10,13,16,21H,1-2,4-5,8-9,11-12H2. The topological polar surface area (TPSA) is 56.4 Å². The third kappa shape index (κ3) is 2.21. The summed E-state index contributed by atoms with van der Waals surface area (Å²) < 4.78 is 0. The van der Waals surface area contributed by atoms with Crippen LogP contribution in [0.2, 0.25) is 0 Å². The van der Waals surface area contributed by atoms with Gasteiger partial charge in [0.25, 0.3) is 5.91 Å². The summed E-state index contributed by atoms with van der Waals surface area (Å²) in [6.07, 6.45) is 7.68. The van der Waals surface area contributed by atoms with E-state index < -0.39 is 5.54 Å². The second-order valence-electron chi connectivity index (χ2n) is 7.70. The van der Waals surface area contributed by atoms with Crippen molar-refractivity contribution in [3.8, 4) is 0 Å². The van der Waals surface area contributed by atoms with E-state index in [0.717, 1.165) is 56.0 Å². The number of hydrogen-bond donors (Lipinski definition) is 1. The van der Waals surface area contributed by atoms with Crippen LogP contribution in [0.25, 0.3) is 10.9 Å². The molecule has 130 valence electrons. The SMILES string of the molecule is O=C(c1ccc2[nH]ccc2c1)N1CCCC12CCCN(C1CC1)C2=O. The van der Waals surface area contributed by atoms with Gasteiger partial charge in [-0.05, 0) is 62.8 Å². The Kier molecular flexibility index (Phi) is 3.21. The minimum Gasteiger partial charge on any atom is -0.361 e. The van der Waals surface area contributed by atoms with E-state index >= 15 is 0 Å². The van der Waals surface area contributed by atoms with Gasteiger partial charge in [-0.25, -0.2) is 0 Å². The molecule has 25 heavy (non-hydrogen) atoms. The molecule has 2 aromatic rings. The summed E-state index contributed by atoms with van der Waals surface area (Å²) >= 11 is 0. The molecule has 5 nitrogen and oxygen atoms in total. The monoisotopic (exact) mass is 337 g/mol. The van der Waals surface area contributed by atoms with Crippen LogP contribution < -0.4 is 0 Å². The van der Waals surface area contributed by atoms with Crippen LogP contribution in [0, 0.1) is 0 Å². The molecule has 1 atom stereocenters. The van der Waals surface area contributed by atoms with Crippen molar-refractivity contribution in [2.45, 2.75) is 50.1 Å². The molecule has 5 rings (SSSR count). The summed E-state index contributed by atoms with van der Waals surface area (Å²) in [4.78, 5) is 33.6. The largest absolute Gasteiger partial charge is 0.361 e. The van der Waals surface area contributed by atoms with E-state index in [1.165, 1.54) is 0 Å². The Morgan fingerprint density at radius 1 is 1.12 bits per heavy atom. The molecule has 3 heterocycles. The molecule has 3 fully saturated rings. The first-order chi connectivity index (χ1) is 12.2. The summed E-state index contributed by atoms with van der Waals surface area (Å²) in [5.41, 5.74) is 1.12. The molecule has 1 spiro atoms. The number of aromatic amines is 1. The molecular formula is C20H23N3O2. The van der Waals surface area contributed by atoms with Gasteiger partial charge in [-0.3, -0.25) is 9.59 Å².